The fraction of sp³-hybridized carbons (Fsp3) is 0.417. The van der Waals surface area contributed by atoms with Crippen LogP contribution >= 0.6 is 0 Å². The summed E-state index contributed by atoms with van der Waals surface area (Å²) >= 11 is 0. The van der Waals surface area contributed by atoms with Crippen LogP contribution in [0.15, 0.2) is 18.2 Å². The molecule has 0 saturated heterocycles. The van der Waals surface area contributed by atoms with Gasteiger partial charge in [0.15, 0.2) is 0 Å². The second kappa shape index (κ2) is 3.62. The first-order valence-electron chi connectivity index (χ1n) is 4.98. The molecule has 1 aromatic rings. The summed E-state index contributed by atoms with van der Waals surface area (Å²) in [5.41, 5.74) is 0.0330. The molecule has 78 valence electrons. The highest BCUT2D eigenvalue weighted by Crippen LogP contribution is 2.39. The van der Waals surface area contributed by atoms with Crippen LogP contribution in [0.5, 0.6) is 0 Å². The molecule has 0 unspecified atom stereocenters. The molecular formula is C12H11F2N. The lowest BCUT2D eigenvalue weighted by molar-refractivity contribution is 0.298. The lowest BCUT2D eigenvalue weighted by Gasteiger charge is -2.30. The maximum absolute atomic E-state index is 13.3. The van der Waals surface area contributed by atoms with Gasteiger partial charge >= 0.3 is 0 Å². The van der Waals surface area contributed by atoms with Crippen LogP contribution in [-0.4, -0.2) is 5.54 Å². The van der Waals surface area contributed by atoms with Gasteiger partial charge in [0, 0.05) is 18.9 Å². The van der Waals surface area contributed by atoms with E-state index < -0.39 is 17.2 Å². The lowest BCUT2D eigenvalue weighted by Crippen LogP contribution is -2.35. The average Bonchev–Trinajstić information content (AvgIpc) is 2.14. The van der Waals surface area contributed by atoms with Gasteiger partial charge in [-0.25, -0.2) is 15.4 Å². The molecule has 1 aliphatic rings. The summed E-state index contributed by atoms with van der Waals surface area (Å²) in [5, 5.41) is 0. The van der Waals surface area contributed by atoms with Gasteiger partial charge in [-0.3, -0.25) is 0 Å². The molecule has 0 bridgehead atoms. The number of hydrogen-bond acceptors (Lipinski definition) is 0. The molecule has 0 radical (unpaired) electrons. The number of rotatable bonds is 2. The van der Waals surface area contributed by atoms with Gasteiger partial charge < -0.3 is 4.85 Å². The van der Waals surface area contributed by atoms with Crippen molar-refractivity contribution in [1.82, 2.24) is 0 Å². The summed E-state index contributed by atoms with van der Waals surface area (Å²) in [5.74, 6) is -1.10. The van der Waals surface area contributed by atoms with Gasteiger partial charge in [0.05, 0.1) is 6.42 Å². The third-order valence-corrected chi connectivity index (χ3v) is 3.06. The second-order valence-corrected chi connectivity index (χ2v) is 4.10. The summed E-state index contributed by atoms with van der Waals surface area (Å²) in [6.07, 6.45) is 3.09. The molecule has 0 aromatic heterocycles. The van der Waals surface area contributed by atoms with Crippen molar-refractivity contribution in [1.29, 1.82) is 0 Å². The second-order valence-electron chi connectivity index (χ2n) is 4.10. The van der Waals surface area contributed by atoms with Crippen LogP contribution in [0.3, 0.4) is 0 Å². The van der Waals surface area contributed by atoms with Gasteiger partial charge in [0.2, 0.25) is 5.54 Å². The van der Waals surface area contributed by atoms with Crippen LogP contribution in [0.4, 0.5) is 8.78 Å². The van der Waals surface area contributed by atoms with Crippen LogP contribution < -0.4 is 0 Å². The zero-order valence-corrected chi connectivity index (χ0v) is 8.26. The molecule has 0 N–H and O–H groups in total. The summed E-state index contributed by atoms with van der Waals surface area (Å²) in [6, 6.07) is 3.57. The van der Waals surface area contributed by atoms with E-state index >= 15 is 0 Å². The Morgan fingerprint density at radius 3 is 2.53 bits per heavy atom. The molecule has 0 amide bonds. The molecule has 1 aliphatic carbocycles. The molecule has 0 aliphatic heterocycles. The number of nitrogens with zero attached hydrogens (tertiary/aromatic N) is 1. The van der Waals surface area contributed by atoms with E-state index in [1.165, 1.54) is 12.1 Å². The van der Waals surface area contributed by atoms with Crippen LogP contribution in [0, 0.1) is 18.2 Å². The van der Waals surface area contributed by atoms with Crippen molar-refractivity contribution in [2.75, 3.05) is 0 Å². The van der Waals surface area contributed by atoms with E-state index in [1.54, 1.807) is 0 Å². The first kappa shape index (κ1) is 10.1. The Morgan fingerprint density at radius 2 is 2.07 bits per heavy atom. The van der Waals surface area contributed by atoms with E-state index in [2.05, 4.69) is 4.85 Å². The van der Waals surface area contributed by atoms with Gasteiger partial charge in [0.25, 0.3) is 0 Å². The summed E-state index contributed by atoms with van der Waals surface area (Å²) in [7, 11) is 0. The Morgan fingerprint density at radius 1 is 1.33 bits per heavy atom. The van der Waals surface area contributed by atoms with E-state index in [9.17, 15) is 8.78 Å². The van der Waals surface area contributed by atoms with Gasteiger partial charge in [-0.05, 0) is 18.1 Å². The molecule has 2 rings (SSSR count). The number of halogens is 2. The van der Waals surface area contributed by atoms with Gasteiger partial charge in [-0.1, -0.05) is 6.07 Å². The fourth-order valence-corrected chi connectivity index (χ4v) is 1.93. The maximum Gasteiger partial charge on any atom is 0.236 e. The largest absolute Gasteiger partial charge is 0.310 e. The molecule has 1 nitrogen and oxygen atoms in total. The quantitative estimate of drug-likeness (QED) is 0.655. The Labute approximate surface area is 87.5 Å². The highest BCUT2D eigenvalue weighted by molar-refractivity contribution is 5.24. The summed E-state index contributed by atoms with van der Waals surface area (Å²) < 4.78 is 26.0. The van der Waals surface area contributed by atoms with Crippen molar-refractivity contribution in [2.24, 2.45) is 0 Å². The van der Waals surface area contributed by atoms with Crippen LogP contribution in [0.25, 0.3) is 4.85 Å². The summed E-state index contributed by atoms with van der Waals surface area (Å²) in [4.78, 5) is 3.57. The Bertz CT molecular complexity index is 416. The molecule has 15 heavy (non-hydrogen) atoms. The SMILES string of the molecule is [C-]#[N+]C1(Cc2ccc(F)cc2F)CCC1. The Balaban J connectivity index is 2.21. The lowest BCUT2D eigenvalue weighted by atomic mass is 9.73. The van der Waals surface area contributed by atoms with Crippen molar-refractivity contribution in [2.45, 2.75) is 31.2 Å². The van der Waals surface area contributed by atoms with E-state index in [4.69, 9.17) is 6.57 Å². The molecule has 0 spiro atoms. The van der Waals surface area contributed by atoms with Gasteiger partial charge in [0.1, 0.15) is 11.6 Å². The zero-order valence-electron chi connectivity index (χ0n) is 8.26. The van der Waals surface area contributed by atoms with E-state index in [-0.39, 0.29) is 0 Å². The highest BCUT2D eigenvalue weighted by Gasteiger charge is 2.44. The average molecular weight is 207 g/mol. The summed E-state index contributed by atoms with van der Waals surface area (Å²) in [6.45, 7) is 7.10. The van der Waals surface area contributed by atoms with Crippen molar-refractivity contribution >= 4 is 0 Å². The molecule has 1 fully saturated rings. The predicted molar refractivity (Wildman–Crippen MR) is 53.2 cm³/mol. The molecule has 1 saturated carbocycles. The molecule has 1 aromatic carbocycles. The Hall–Kier alpha value is -1.43. The number of hydrogen-bond donors (Lipinski definition) is 0. The normalized spacial score (nSPS) is 17.9. The van der Waals surface area contributed by atoms with Crippen LogP contribution in [0.2, 0.25) is 0 Å². The topological polar surface area (TPSA) is 4.36 Å². The van der Waals surface area contributed by atoms with Crippen LogP contribution in [-0.2, 0) is 6.42 Å². The Kier molecular flexibility index (Phi) is 2.44. The standard InChI is InChI=1S/C12H11F2N/c1-15-12(5-2-6-12)8-9-3-4-10(13)7-11(9)14/h3-4,7H,2,5-6,8H2. The van der Waals surface area contributed by atoms with Gasteiger partial charge in [-0.15, -0.1) is 0 Å². The molecule has 0 heterocycles. The minimum Gasteiger partial charge on any atom is -0.310 e. The minimum absolute atomic E-state index is 0.405. The van der Waals surface area contributed by atoms with E-state index in [0.29, 0.717) is 12.0 Å². The van der Waals surface area contributed by atoms with Crippen molar-refractivity contribution in [3.8, 4) is 0 Å². The smallest absolute Gasteiger partial charge is 0.236 e. The molecular weight excluding hydrogens is 196 g/mol. The third kappa shape index (κ3) is 1.85. The van der Waals surface area contributed by atoms with Gasteiger partial charge in [-0.2, -0.15) is 0 Å². The maximum atomic E-state index is 13.3. The van der Waals surface area contributed by atoms with Crippen LogP contribution in [0.1, 0.15) is 24.8 Å². The van der Waals surface area contributed by atoms with Crippen molar-refractivity contribution < 1.29 is 8.78 Å². The van der Waals surface area contributed by atoms with Crippen molar-refractivity contribution in [3.05, 3.63) is 46.8 Å². The predicted octanol–water partition coefficient (Wildman–Crippen LogP) is 3.35. The minimum atomic E-state index is -0.568. The van der Waals surface area contributed by atoms with Crippen molar-refractivity contribution in [3.63, 3.8) is 0 Å². The monoisotopic (exact) mass is 207 g/mol. The number of benzene rings is 1. The fourth-order valence-electron chi connectivity index (χ4n) is 1.93. The highest BCUT2D eigenvalue weighted by atomic mass is 19.1. The first-order valence-corrected chi connectivity index (χ1v) is 4.98. The molecule has 0 atom stereocenters. The zero-order chi connectivity index (χ0) is 10.9. The first-order chi connectivity index (χ1) is 7.15. The van der Waals surface area contributed by atoms with E-state index in [1.807, 2.05) is 0 Å². The van der Waals surface area contributed by atoms with E-state index in [0.717, 1.165) is 25.3 Å². The molecule has 3 heteroatoms. The third-order valence-electron chi connectivity index (χ3n) is 3.06.